The first-order chi connectivity index (χ1) is 11.9. The normalized spacial score (nSPS) is 11.0. The molecule has 25 heavy (non-hydrogen) atoms. The van der Waals surface area contributed by atoms with Gasteiger partial charge in [0.25, 0.3) is 5.56 Å². The highest BCUT2D eigenvalue weighted by Crippen LogP contribution is 2.32. The second-order valence-corrected chi connectivity index (χ2v) is 5.99. The number of carbonyl (C=O) groups excluding carboxylic acids is 1. The number of hydrogen-bond donors (Lipinski definition) is 2. The molecule has 0 aliphatic heterocycles. The van der Waals surface area contributed by atoms with E-state index in [0.717, 1.165) is 22.2 Å². The van der Waals surface area contributed by atoms with E-state index in [-0.39, 0.29) is 11.3 Å². The third-order valence-electron chi connectivity index (χ3n) is 4.60. The minimum absolute atomic E-state index is 0.322. The van der Waals surface area contributed by atoms with Gasteiger partial charge in [-0.05, 0) is 37.1 Å². The van der Waals surface area contributed by atoms with E-state index in [4.69, 9.17) is 0 Å². The summed E-state index contributed by atoms with van der Waals surface area (Å²) in [6.07, 6.45) is 0.452. The van der Waals surface area contributed by atoms with E-state index in [0.29, 0.717) is 17.7 Å². The van der Waals surface area contributed by atoms with Crippen LogP contribution >= 0.6 is 0 Å². The van der Waals surface area contributed by atoms with E-state index in [1.165, 1.54) is 7.11 Å². The van der Waals surface area contributed by atoms with E-state index in [2.05, 4.69) is 20.4 Å². The molecular formula is C19H20N2O4. The predicted molar refractivity (Wildman–Crippen MR) is 96.1 cm³/mol. The molecule has 0 radical (unpaired) electrons. The number of hydrogen-bond acceptors (Lipinski definition) is 4. The van der Waals surface area contributed by atoms with Crippen LogP contribution in [0.15, 0.2) is 29.1 Å². The summed E-state index contributed by atoms with van der Waals surface area (Å²) < 4.78 is 6.68. The summed E-state index contributed by atoms with van der Waals surface area (Å²) in [5.41, 5.74) is 2.98. The van der Waals surface area contributed by atoms with Gasteiger partial charge >= 0.3 is 5.97 Å². The lowest BCUT2D eigenvalue weighted by atomic mass is 9.99. The third-order valence-corrected chi connectivity index (χ3v) is 4.60. The fourth-order valence-electron chi connectivity index (χ4n) is 3.15. The van der Waals surface area contributed by atoms with Crippen LogP contribution in [0.4, 0.5) is 0 Å². The van der Waals surface area contributed by atoms with Crippen molar-refractivity contribution in [2.75, 3.05) is 7.11 Å². The quantitative estimate of drug-likeness (QED) is 0.718. The average molecular weight is 340 g/mol. The molecule has 3 aromatic rings. The summed E-state index contributed by atoms with van der Waals surface area (Å²) in [6.45, 7) is 3.87. The van der Waals surface area contributed by atoms with E-state index in [9.17, 15) is 14.7 Å². The van der Waals surface area contributed by atoms with Gasteiger partial charge in [-0.1, -0.05) is 13.0 Å². The summed E-state index contributed by atoms with van der Waals surface area (Å²) in [5.74, 6) is -1.17. The molecule has 2 N–H and O–H groups in total. The van der Waals surface area contributed by atoms with Crippen molar-refractivity contribution in [1.29, 1.82) is 0 Å². The lowest BCUT2D eigenvalue weighted by molar-refractivity contribution is 0.0595. The van der Waals surface area contributed by atoms with Gasteiger partial charge in [0.05, 0.1) is 12.8 Å². The molecule has 130 valence electrons. The van der Waals surface area contributed by atoms with Crippen LogP contribution in [0.25, 0.3) is 22.2 Å². The maximum absolute atomic E-state index is 12.3. The van der Waals surface area contributed by atoms with Crippen molar-refractivity contribution < 1.29 is 14.6 Å². The fourth-order valence-corrected chi connectivity index (χ4v) is 3.15. The van der Waals surface area contributed by atoms with Crippen LogP contribution in [-0.2, 0) is 18.2 Å². The van der Waals surface area contributed by atoms with Crippen LogP contribution in [0, 0.1) is 6.92 Å². The Hall–Kier alpha value is -3.02. The summed E-state index contributed by atoms with van der Waals surface area (Å²) in [4.78, 5) is 26.8. The second-order valence-electron chi connectivity index (χ2n) is 5.99. The Morgan fingerprint density at radius 2 is 2.04 bits per heavy atom. The van der Waals surface area contributed by atoms with Crippen molar-refractivity contribution in [3.05, 3.63) is 51.4 Å². The number of carbonyl (C=O) groups is 1. The Balaban J connectivity index is 2.27. The number of aromatic amines is 1. The van der Waals surface area contributed by atoms with Gasteiger partial charge in [-0.25, -0.2) is 4.79 Å². The molecule has 1 aromatic carbocycles. The van der Waals surface area contributed by atoms with Crippen LogP contribution in [0.5, 0.6) is 5.75 Å². The number of benzene rings is 1. The molecule has 0 amide bonds. The molecule has 3 rings (SSSR count). The largest absolute Gasteiger partial charge is 0.506 e. The molecule has 0 saturated carbocycles. The highest BCUT2D eigenvalue weighted by molar-refractivity contribution is 5.94. The molecule has 0 saturated heterocycles. The summed E-state index contributed by atoms with van der Waals surface area (Å²) >= 11 is 0. The highest BCUT2D eigenvalue weighted by atomic mass is 16.5. The van der Waals surface area contributed by atoms with Crippen LogP contribution in [-0.4, -0.2) is 27.7 Å². The molecule has 2 heterocycles. The first-order valence-corrected chi connectivity index (χ1v) is 8.01. The summed E-state index contributed by atoms with van der Waals surface area (Å²) in [5, 5.41) is 11.5. The fraction of sp³-hybridized carbons (Fsp3) is 0.263. The Morgan fingerprint density at radius 3 is 2.68 bits per heavy atom. The Labute approximate surface area is 144 Å². The molecule has 0 atom stereocenters. The van der Waals surface area contributed by atoms with Gasteiger partial charge in [0.15, 0.2) is 5.56 Å². The number of methoxy groups -OCH3 is 1. The van der Waals surface area contributed by atoms with Crippen molar-refractivity contribution >= 4 is 16.9 Å². The summed E-state index contributed by atoms with van der Waals surface area (Å²) in [7, 11) is 3.17. The summed E-state index contributed by atoms with van der Waals surface area (Å²) in [6, 6.07) is 7.89. The van der Waals surface area contributed by atoms with Crippen molar-refractivity contribution in [1.82, 2.24) is 9.55 Å². The Kier molecular flexibility index (Phi) is 4.12. The molecule has 0 aliphatic carbocycles. The highest BCUT2D eigenvalue weighted by Gasteiger charge is 2.23. The smallest absolute Gasteiger partial charge is 0.347 e. The standard InChI is InChI=1S/C19H20N2O4/c1-5-13-16(20-18(23)15(17(13)22)19(24)25-4)11-6-7-14-12(9-11)8-10(2)21(14)3/h6-9H,5H2,1-4H3,(H2,20,22,23). The number of aromatic nitrogens is 2. The third kappa shape index (κ3) is 2.59. The van der Waals surface area contributed by atoms with Crippen LogP contribution in [0.3, 0.4) is 0 Å². The van der Waals surface area contributed by atoms with E-state index in [1.807, 2.05) is 39.1 Å². The number of aryl methyl sites for hydroxylation is 2. The molecule has 0 fully saturated rings. The number of rotatable bonds is 3. The topological polar surface area (TPSA) is 84.3 Å². The van der Waals surface area contributed by atoms with Crippen molar-refractivity contribution in [2.45, 2.75) is 20.3 Å². The van der Waals surface area contributed by atoms with E-state index < -0.39 is 11.5 Å². The average Bonchev–Trinajstić information content (AvgIpc) is 2.88. The van der Waals surface area contributed by atoms with Crippen LogP contribution in [0.2, 0.25) is 0 Å². The van der Waals surface area contributed by atoms with Gasteiger partial charge in [-0.3, -0.25) is 4.79 Å². The molecule has 0 aliphatic rings. The van der Waals surface area contributed by atoms with Gasteiger partial charge < -0.3 is 19.4 Å². The van der Waals surface area contributed by atoms with E-state index in [1.54, 1.807) is 0 Å². The Bertz CT molecular complexity index is 1040. The number of nitrogens with zero attached hydrogens (tertiary/aromatic N) is 1. The van der Waals surface area contributed by atoms with Gasteiger partial charge in [0.2, 0.25) is 0 Å². The first-order valence-electron chi connectivity index (χ1n) is 8.01. The first kappa shape index (κ1) is 16.8. The molecule has 6 heteroatoms. The van der Waals surface area contributed by atoms with Crippen molar-refractivity contribution in [3.63, 3.8) is 0 Å². The van der Waals surface area contributed by atoms with Crippen molar-refractivity contribution in [3.8, 4) is 17.0 Å². The Morgan fingerprint density at radius 1 is 1.32 bits per heavy atom. The van der Waals surface area contributed by atoms with Crippen LogP contribution < -0.4 is 5.56 Å². The molecule has 0 unspecified atom stereocenters. The monoisotopic (exact) mass is 340 g/mol. The zero-order chi connectivity index (χ0) is 18.3. The lowest BCUT2D eigenvalue weighted by Crippen LogP contribution is -2.21. The number of H-pyrrole nitrogens is 1. The zero-order valence-corrected chi connectivity index (χ0v) is 14.6. The van der Waals surface area contributed by atoms with Gasteiger partial charge in [-0.2, -0.15) is 0 Å². The molecule has 0 spiro atoms. The zero-order valence-electron chi connectivity index (χ0n) is 14.6. The molecule has 0 bridgehead atoms. The predicted octanol–water partition coefficient (Wildman–Crippen LogP) is 2.90. The molecular weight excluding hydrogens is 320 g/mol. The minimum atomic E-state index is -0.853. The van der Waals surface area contributed by atoms with Crippen molar-refractivity contribution in [2.24, 2.45) is 7.05 Å². The number of fused-ring (bicyclic) bond motifs is 1. The number of ether oxygens (including phenoxy) is 1. The maximum Gasteiger partial charge on any atom is 0.347 e. The lowest BCUT2D eigenvalue weighted by Gasteiger charge is -2.13. The van der Waals surface area contributed by atoms with Gasteiger partial charge in [0.1, 0.15) is 5.75 Å². The molecule has 2 aromatic heterocycles. The minimum Gasteiger partial charge on any atom is -0.506 e. The number of aromatic hydroxyl groups is 1. The van der Waals surface area contributed by atoms with E-state index >= 15 is 0 Å². The van der Waals surface area contributed by atoms with Crippen LogP contribution in [0.1, 0.15) is 28.5 Å². The number of nitrogens with one attached hydrogen (secondary N) is 1. The number of pyridine rings is 1. The number of esters is 1. The second kappa shape index (κ2) is 6.12. The maximum atomic E-state index is 12.3. The molecule has 6 nitrogen and oxygen atoms in total. The van der Waals surface area contributed by atoms with Gasteiger partial charge in [-0.15, -0.1) is 0 Å². The SMILES string of the molecule is CCc1c(-c2ccc3c(c2)cc(C)n3C)[nH]c(=O)c(C(=O)OC)c1O. The van der Waals surface area contributed by atoms with Gasteiger partial charge in [0, 0.05) is 29.2 Å².